The minimum atomic E-state index is 0.665. The number of pyridine rings is 1. The Morgan fingerprint density at radius 3 is 2.59 bits per heavy atom. The molecule has 88 valence electrons. The second-order valence-electron chi connectivity index (χ2n) is 3.60. The molecule has 17 heavy (non-hydrogen) atoms. The molecule has 0 aliphatic heterocycles. The van der Waals surface area contributed by atoms with E-state index in [-0.39, 0.29) is 0 Å². The molecule has 5 heteroatoms. The molecule has 0 fully saturated rings. The highest BCUT2D eigenvalue weighted by molar-refractivity contribution is 9.11. The number of anilines is 2. The van der Waals surface area contributed by atoms with Crippen LogP contribution < -0.4 is 5.32 Å². The summed E-state index contributed by atoms with van der Waals surface area (Å²) in [5, 5.41) is 3.87. The van der Waals surface area contributed by atoms with Gasteiger partial charge in [-0.05, 0) is 68.6 Å². The minimum Gasteiger partial charge on any atom is -0.339 e. The Morgan fingerprint density at radius 2 is 1.94 bits per heavy atom. The fourth-order valence-corrected chi connectivity index (χ4v) is 2.33. The normalized spacial score (nSPS) is 10.4. The van der Waals surface area contributed by atoms with Crippen molar-refractivity contribution in [2.45, 2.75) is 6.92 Å². The summed E-state index contributed by atoms with van der Waals surface area (Å²) in [5.41, 5.74) is 2.01. The van der Waals surface area contributed by atoms with E-state index in [1.54, 1.807) is 0 Å². The Labute approximate surface area is 122 Å². The van der Waals surface area contributed by atoms with Gasteiger partial charge < -0.3 is 5.32 Å². The molecule has 1 aromatic carbocycles. The Kier molecular flexibility index (Phi) is 4.07. The van der Waals surface area contributed by atoms with Crippen molar-refractivity contribution in [1.29, 1.82) is 0 Å². The van der Waals surface area contributed by atoms with Gasteiger partial charge in [0.1, 0.15) is 5.82 Å². The fourth-order valence-electron chi connectivity index (χ4n) is 1.34. The van der Waals surface area contributed by atoms with Crippen molar-refractivity contribution in [1.82, 2.24) is 4.98 Å². The van der Waals surface area contributed by atoms with Crippen LogP contribution in [0.2, 0.25) is 5.02 Å². The molecule has 0 amide bonds. The monoisotopic (exact) mass is 374 g/mol. The molecule has 0 atom stereocenters. The van der Waals surface area contributed by atoms with Gasteiger partial charge in [-0.3, -0.25) is 0 Å². The molecule has 2 aromatic rings. The molecule has 0 unspecified atom stereocenters. The van der Waals surface area contributed by atoms with E-state index in [0.717, 1.165) is 26.0 Å². The fraction of sp³-hybridized carbons (Fsp3) is 0.0833. The van der Waals surface area contributed by atoms with Crippen LogP contribution in [0.1, 0.15) is 5.56 Å². The van der Waals surface area contributed by atoms with Crippen molar-refractivity contribution in [2.75, 3.05) is 5.32 Å². The van der Waals surface area contributed by atoms with Crippen molar-refractivity contribution < 1.29 is 0 Å². The molecule has 1 heterocycles. The lowest BCUT2D eigenvalue weighted by Crippen LogP contribution is -1.95. The highest BCUT2D eigenvalue weighted by Crippen LogP contribution is 2.29. The molecule has 0 saturated carbocycles. The number of nitrogens with zero attached hydrogens (tertiary/aromatic N) is 1. The molecule has 1 aromatic heterocycles. The van der Waals surface area contributed by atoms with E-state index in [1.165, 1.54) is 0 Å². The number of aromatic nitrogens is 1. The van der Waals surface area contributed by atoms with Gasteiger partial charge in [-0.25, -0.2) is 4.98 Å². The Hall–Kier alpha value is -0.580. The van der Waals surface area contributed by atoms with E-state index >= 15 is 0 Å². The molecule has 0 bridgehead atoms. The first-order valence-electron chi connectivity index (χ1n) is 4.90. The van der Waals surface area contributed by atoms with Crippen LogP contribution in [0.3, 0.4) is 0 Å². The van der Waals surface area contributed by atoms with Gasteiger partial charge >= 0.3 is 0 Å². The van der Waals surface area contributed by atoms with Crippen LogP contribution in [0.5, 0.6) is 0 Å². The topological polar surface area (TPSA) is 24.9 Å². The number of rotatable bonds is 2. The van der Waals surface area contributed by atoms with E-state index < -0.39 is 0 Å². The zero-order chi connectivity index (χ0) is 12.4. The molecule has 2 nitrogen and oxygen atoms in total. The highest BCUT2D eigenvalue weighted by atomic mass is 79.9. The summed E-state index contributed by atoms with van der Waals surface area (Å²) in [4.78, 5) is 4.31. The molecule has 0 spiro atoms. The summed E-state index contributed by atoms with van der Waals surface area (Å²) >= 11 is 12.9. The van der Waals surface area contributed by atoms with E-state index in [2.05, 4.69) is 42.2 Å². The molecule has 0 saturated heterocycles. The third-order valence-electron chi connectivity index (χ3n) is 2.16. The minimum absolute atomic E-state index is 0.665. The number of hydrogen-bond donors (Lipinski definition) is 1. The van der Waals surface area contributed by atoms with Crippen LogP contribution in [0.15, 0.2) is 39.4 Å². The maximum atomic E-state index is 6.03. The van der Waals surface area contributed by atoms with Crippen molar-refractivity contribution in [2.24, 2.45) is 0 Å². The van der Waals surface area contributed by atoms with Crippen molar-refractivity contribution >= 4 is 55.0 Å². The number of aryl methyl sites for hydroxylation is 1. The van der Waals surface area contributed by atoms with Gasteiger partial charge in [-0.1, -0.05) is 11.6 Å². The molecule has 0 aliphatic rings. The quantitative estimate of drug-likeness (QED) is 0.768. The van der Waals surface area contributed by atoms with Gasteiger partial charge in [0, 0.05) is 16.4 Å². The second kappa shape index (κ2) is 5.38. The predicted octanol–water partition coefficient (Wildman–Crippen LogP) is 5.31. The van der Waals surface area contributed by atoms with Gasteiger partial charge in [0.25, 0.3) is 0 Å². The van der Waals surface area contributed by atoms with Gasteiger partial charge in [-0.2, -0.15) is 0 Å². The maximum absolute atomic E-state index is 6.03. The first-order valence-corrected chi connectivity index (χ1v) is 6.87. The van der Waals surface area contributed by atoms with Crippen LogP contribution in [0.25, 0.3) is 0 Å². The van der Waals surface area contributed by atoms with Crippen LogP contribution in [0, 0.1) is 6.92 Å². The van der Waals surface area contributed by atoms with Crippen LogP contribution in [-0.2, 0) is 0 Å². The van der Waals surface area contributed by atoms with Crippen LogP contribution >= 0.6 is 43.5 Å². The summed E-state index contributed by atoms with van der Waals surface area (Å²) in [6.07, 6.45) is 1.81. The number of hydrogen-bond acceptors (Lipinski definition) is 2. The number of nitrogens with one attached hydrogen (secondary N) is 1. The largest absolute Gasteiger partial charge is 0.339 e. The van der Waals surface area contributed by atoms with Crippen LogP contribution in [-0.4, -0.2) is 4.98 Å². The molecule has 2 rings (SSSR count). The molecular formula is C12H9Br2ClN2. The lowest BCUT2D eigenvalue weighted by Gasteiger charge is -2.08. The zero-order valence-electron chi connectivity index (χ0n) is 8.97. The van der Waals surface area contributed by atoms with Gasteiger partial charge in [0.15, 0.2) is 0 Å². The first-order chi connectivity index (χ1) is 8.06. The summed E-state index contributed by atoms with van der Waals surface area (Å²) in [6.45, 7) is 2.00. The zero-order valence-corrected chi connectivity index (χ0v) is 12.9. The average Bonchev–Trinajstić information content (AvgIpc) is 2.27. The summed E-state index contributed by atoms with van der Waals surface area (Å²) in [7, 11) is 0. The summed E-state index contributed by atoms with van der Waals surface area (Å²) < 4.78 is 1.80. The lowest BCUT2D eigenvalue weighted by atomic mass is 10.3. The van der Waals surface area contributed by atoms with Crippen LogP contribution in [0.4, 0.5) is 11.5 Å². The van der Waals surface area contributed by atoms with Crippen molar-refractivity contribution in [3.63, 3.8) is 0 Å². The van der Waals surface area contributed by atoms with E-state index in [9.17, 15) is 0 Å². The standard InChI is InChI=1S/C12H9Br2ClN2/c1-7-4-10(14)12(16-6-7)17-8-2-3-9(13)11(15)5-8/h2-6H,1H3,(H,16,17). The molecule has 1 N–H and O–H groups in total. The third kappa shape index (κ3) is 3.21. The van der Waals surface area contributed by atoms with E-state index in [4.69, 9.17) is 11.6 Å². The lowest BCUT2D eigenvalue weighted by molar-refractivity contribution is 1.24. The highest BCUT2D eigenvalue weighted by Gasteiger charge is 2.04. The SMILES string of the molecule is Cc1cnc(Nc2ccc(Br)c(Cl)c2)c(Br)c1. The Morgan fingerprint density at radius 1 is 1.18 bits per heavy atom. The smallest absolute Gasteiger partial charge is 0.144 e. The third-order valence-corrected chi connectivity index (χ3v) is 4.00. The number of halogens is 3. The van der Waals surface area contributed by atoms with Gasteiger partial charge in [-0.15, -0.1) is 0 Å². The van der Waals surface area contributed by atoms with Crippen molar-refractivity contribution in [3.05, 3.63) is 50.0 Å². The maximum Gasteiger partial charge on any atom is 0.144 e. The molecule has 0 radical (unpaired) electrons. The van der Waals surface area contributed by atoms with Gasteiger partial charge in [0.2, 0.25) is 0 Å². The Bertz CT molecular complexity index is 558. The van der Waals surface area contributed by atoms with Gasteiger partial charge in [0.05, 0.1) is 9.50 Å². The predicted molar refractivity (Wildman–Crippen MR) is 79.1 cm³/mol. The summed E-state index contributed by atoms with van der Waals surface area (Å²) in [6, 6.07) is 7.69. The Balaban J connectivity index is 2.28. The summed E-state index contributed by atoms with van der Waals surface area (Å²) in [5.74, 6) is 0.772. The number of benzene rings is 1. The van der Waals surface area contributed by atoms with E-state index in [0.29, 0.717) is 5.02 Å². The first kappa shape index (κ1) is 12.9. The second-order valence-corrected chi connectivity index (χ2v) is 5.71. The average molecular weight is 376 g/mol. The molecule has 0 aliphatic carbocycles. The van der Waals surface area contributed by atoms with Crippen molar-refractivity contribution in [3.8, 4) is 0 Å². The van der Waals surface area contributed by atoms with E-state index in [1.807, 2.05) is 37.4 Å². The molecular weight excluding hydrogens is 367 g/mol.